The van der Waals surface area contributed by atoms with Crippen molar-refractivity contribution >= 4 is 32.8 Å². The van der Waals surface area contributed by atoms with Gasteiger partial charge in [-0.2, -0.15) is 4.31 Å². The number of aryl methyl sites for hydroxylation is 1. The molecule has 1 saturated heterocycles. The Hall–Kier alpha value is -3.44. The number of rotatable bonds is 6. The van der Waals surface area contributed by atoms with E-state index in [1.807, 2.05) is 6.07 Å². The van der Waals surface area contributed by atoms with Gasteiger partial charge >= 0.3 is 6.16 Å². The lowest BCUT2D eigenvalue weighted by atomic mass is 10.1. The number of ether oxygens (including phenoxy) is 1. The molecule has 0 radical (unpaired) electrons. The monoisotopic (exact) mass is 489 g/mol. The van der Waals surface area contributed by atoms with Crippen molar-refractivity contribution in [2.24, 2.45) is 0 Å². The van der Waals surface area contributed by atoms with Crippen LogP contribution in [0.3, 0.4) is 0 Å². The Morgan fingerprint density at radius 1 is 1.12 bits per heavy atom. The lowest BCUT2D eigenvalue weighted by Crippen LogP contribution is -2.49. The van der Waals surface area contributed by atoms with Crippen LogP contribution in [0, 0.1) is 5.82 Å². The second-order valence-corrected chi connectivity index (χ2v) is 9.89. The molecule has 0 spiro atoms. The van der Waals surface area contributed by atoms with Crippen molar-refractivity contribution in [3.63, 3.8) is 0 Å². The maximum Gasteiger partial charge on any atom is 0.511 e. The molecule has 1 aliphatic rings. The second kappa shape index (κ2) is 9.43. The number of halogens is 1. The average molecular weight is 490 g/mol. The van der Waals surface area contributed by atoms with Gasteiger partial charge in [0.1, 0.15) is 5.82 Å². The van der Waals surface area contributed by atoms with Gasteiger partial charge in [0.25, 0.3) is 0 Å². The Kier molecular flexibility index (Phi) is 6.58. The Morgan fingerprint density at radius 3 is 2.41 bits per heavy atom. The van der Waals surface area contributed by atoms with Crippen molar-refractivity contribution < 1.29 is 27.4 Å². The fourth-order valence-electron chi connectivity index (χ4n) is 4.13. The van der Waals surface area contributed by atoms with E-state index in [2.05, 4.69) is 4.74 Å². The third-order valence-electron chi connectivity index (χ3n) is 5.82. The number of aromatic nitrogens is 1. The minimum atomic E-state index is -3.51. The Morgan fingerprint density at radius 2 is 1.79 bits per heavy atom. The number of sulfonamides is 1. The zero-order chi connectivity index (χ0) is 24.5. The summed E-state index contributed by atoms with van der Waals surface area (Å²) in [6.07, 6.45) is -0.342. The fourth-order valence-corrected chi connectivity index (χ4v) is 5.64. The first-order valence-corrected chi connectivity index (χ1v) is 12.3. The molecule has 0 bridgehead atoms. The SMILES string of the molecule is CCn1cc(OC(=O)O)c(=O)c2cc(F)c(N3CCN(S(=O)(=O)Cc4ccccc4)CC3)cc21. The molecule has 0 amide bonds. The van der Waals surface area contributed by atoms with E-state index < -0.39 is 33.2 Å². The van der Waals surface area contributed by atoms with Crippen molar-refractivity contribution in [1.29, 1.82) is 0 Å². The lowest BCUT2D eigenvalue weighted by molar-refractivity contribution is 0.144. The number of pyridine rings is 1. The summed E-state index contributed by atoms with van der Waals surface area (Å²) in [5, 5.41) is 8.86. The molecule has 0 unspecified atom stereocenters. The summed E-state index contributed by atoms with van der Waals surface area (Å²) in [6, 6.07) is 11.5. The first-order valence-electron chi connectivity index (χ1n) is 10.7. The Balaban J connectivity index is 1.58. The predicted molar refractivity (Wildman–Crippen MR) is 125 cm³/mol. The van der Waals surface area contributed by atoms with E-state index >= 15 is 4.39 Å². The van der Waals surface area contributed by atoms with Gasteiger partial charge in [0.2, 0.25) is 15.5 Å². The first-order chi connectivity index (χ1) is 16.2. The van der Waals surface area contributed by atoms with E-state index in [1.165, 1.54) is 16.6 Å². The molecular formula is C23H24FN3O6S. The molecule has 34 heavy (non-hydrogen) atoms. The molecule has 4 rings (SSSR count). The second-order valence-electron chi connectivity index (χ2n) is 7.93. The first kappa shape index (κ1) is 23.7. The highest BCUT2D eigenvalue weighted by Crippen LogP contribution is 2.28. The molecule has 9 nitrogen and oxygen atoms in total. The molecule has 2 aromatic carbocycles. The molecule has 0 atom stereocenters. The van der Waals surface area contributed by atoms with E-state index in [1.54, 1.807) is 40.7 Å². The highest BCUT2D eigenvalue weighted by Gasteiger charge is 2.28. The zero-order valence-electron chi connectivity index (χ0n) is 18.5. The molecule has 0 saturated carbocycles. The summed E-state index contributed by atoms with van der Waals surface area (Å²) in [5.41, 5.74) is 0.667. The van der Waals surface area contributed by atoms with Gasteiger partial charge in [0.05, 0.1) is 28.5 Å². The summed E-state index contributed by atoms with van der Waals surface area (Å²) in [6.45, 7) is 3.18. The van der Waals surface area contributed by atoms with E-state index in [0.717, 1.165) is 6.07 Å². The van der Waals surface area contributed by atoms with Gasteiger partial charge in [-0.3, -0.25) is 4.79 Å². The molecule has 1 aromatic heterocycles. The van der Waals surface area contributed by atoms with Crippen LogP contribution in [0.15, 0.2) is 53.5 Å². The standard InChI is InChI=1S/C23H24FN3O6S/c1-2-25-14-21(33-23(29)30)22(28)17-12-18(24)20(13-19(17)25)26-8-10-27(11-9-26)34(31,32)15-16-6-4-3-5-7-16/h3-7,12-14H,2,8-11,15H2,1H3,(H,29,30). The van der Waals surface area contributed by atoms with Crippen LogP contribution < -0.4 is 15.1 Å². The van der Waals surface area contributed by atoms with Gasteiger partial charge in [-0.05, 0) is 24.6 Å². The summed E-state index contributed by atoms with van der Waals surface area (Å²) < 4.78 is 48.3. The van der Waals surface area contributed by atoms with Gasteiger partial charge in [0.15, 0.2) is 5.75 Å². The van der Waals surface area contributed by atoms with Crippen LogP contribution >= 0.6 is 0 Å². The normalized spacial score (nSPS) is 14.9. The smallest absolute Gasteiger partial charge is 0.449 e. The highest BCUT2D eigenvalue weighted by molar-refractivity contribution is 7.88. The zero-order valence-corrected chi connectivity index (χ0v) is 19.3. The molecule has 1 N–H and O–H groups in total. The largest absolute Gasteiger partial charge is 0.511 e. The molecular weight excluding hydrogens is 465 g/mol. The third kappa shape index (κ3) is 4.75. The van der Waals surface area contributed by atoms with E-state index in [4.69, 9.17) is 5.11 Å². The quantitative estimate of drug-likeness (QED) is 0.531. The van der Waals surface area contributed by atoms with Crippen molar-refractivity contribution in [3.8, 4) is 5.75 Å². The number of nitrogens with zero attached hydrogens (tertiary/aromatic N) is 3. The van der Waals surface area contributed by atoms with Crippen LogP contribution in [0.4, 0.5) is 14.9 Å². The lowest BCUT2D eigenvalue weighted by Gasteiger charge is -2.35. The van der Waals surface area contributed by atoms with Crippen LogP contribution in [-0.2, 0) is 22.3 Å². The van der Waals surface area contributed by atoms with Crippen LogP contribution in [-0.4, -0.2) is 54.7 Å². The number of carbonyl (C=O) groups is 1. The van der Waals surface area contributed by atoms with Gasteiger partial charge in [-0.25, -0.2) is 17.6 Å². The van der Waals surface area contributed by atoms with Crippen LogP contribution in [0.1, 0.15) is 12.5 Å². The third-order valence-corrected chi connectivity index (χ3v) is 7.67. The van der Waals surface area contributed by atoms with E-state index in [0.29, 0.717) is 17.6 Å². The molecule has 11 heteroatoms. The molecule has 0 aliphatic carbocycles. The summed E-state index contributed by atoms with van der Waals surface area (Å²) >= 11 is 0. The predicted octanol–water partition coefficient (Wildman–Crippen LogP) is 2.87. The van der Waals surface area contributed by atoms with E-state index in [-0.39, 0.29) is 43.0 Å². The number of benzene rings is 2. The van der Waals surface area contributed by atoms with Crippen molar-refractivity contribution in [2.45, 2.75) is 19.2 Å². The molecule has 2 heterocycles. The molecule has 3 aromatic rings. The maximum absolute atomic E-state index is 15.1. The van der Waals surface area contributed by atoms with Gasteiger partial charge in [-0.1, -0.05) is 30.3 Å². The minimum Gasteiger partial charge on any atom is -0.449 e. The van der Waals surface area contributed by atoms with Crippen LogP contribution in [0.2, 0.25) is 0 Å². The fraction of sp³-hybridized carbons (Fsp3) is 0.304. The van der Waals surface area contributed by atoms with Gasteiger partial charge < -0.3 is 19.3 Å². The average Bonchev–Trinajstić information content (AvgIpc) is 2.81. The summed E-state index contributed by atoms with van der Waals surface area (Å²) in [4.78, 5) is 25.3. The van der Waals surface area contributed by atoms with Crippen molar-refractivity contribution in [3.05, 3.63) is 70.3 Å². The van der Waals surface area contributed by atoms with Gasteiger partial charge in [0, 0.05) is 32.7 Å². The Bertz CT molecular complexity index is 1380. The summed E-state index contributed by atoms with van der Waals surface area (Å²) in [5.74, 6) is -1.15. The van der Waals surface area contributed by atoms with Gasteiger partial charge in [-0.15, -0.1) is 0 Å². The number of hydrogen-bond acceptors (Lipinski definition) is 6. The van der Waals surface area contributed by atoms with Crippen LogP contribution in [0.25, 0.3) is 10.9 Å². The topological polar surface area (TPSA) is 109 Å². The van der Waals surface area contributed by atoms with E-state index in [9.17, 15) is 18.0 Å². The number of piperazine rings is 1. The number of fused-ring (bicyclic) bond motifs is 1. The number of carboxylic acid groups (broad SMARTS) is 1. The molecule has 180 valence electrons. The number of anilines is 1. The molecule has 1 fully saturated rings. The van der Waals surface area contributed by atoms with Crippen LogP contribution in [0.5, 0.6) is 5.75 Å². The van der Waals surface area contributed by atoms with Crippen molar-refractivity contribution in [1.82, 2.24) is 8.87 Å². The summed E-state index contributed by atoms with van der Waals surface area (Å²) in [7, 11) is -3.51. The maximum atomic E-state index is 15.1. The molecule has 1 aliphatic heterocycles. The highest BCUT2D eigenvalue weighted by atomic mass is 32.2. The number of hydrogen-bond donors (Lipinski definition) is 1. The van der Waals surface area contributed by atoms with Crippen molar-refractivity contribution in [2.75, 3.05) is 31.1 Å². The minimum absolute atomic E-state index is 0.00549. The Labute approximate surface area is 195 Å².